The Balaban J connectivity index is 2.33. The van der Waals surface area contributed by atoms with Crippen molar-refractivity contribution in [3.63, 3.8) is 0 Å². The van der Waals surface area contributed by atoms with Crippen LogP contribution in [0.4, 0.5) is 0 Å². The van der Waals surface area contributed by atoms with Crippen LogP contribution in [0.15, 0.2) is 35.1 Å². The minimum Gasteiger partial charge on any atom is -0.437 e. The summed E-state index contributed by atoms with van der Waals surface area (Å²) in [7, 11) is 0. The van der Waals surface area contributed by atoms with Gasteiger partial charge in [-0.2, -0.15) is 0 Å². The van der Waals surface area contributed by atoms with E-state index in [2.05, 4.69) is 25.9 Å². The number of nitrogens with zero attached hydrogens (tertiary/aromatic N) is 2. The number of aryl methyl sites for hydroxylation is 1. The summed E-state index contributed by atoms with van der Waals surface area (Å²) in [5.41, 5.74) is 1.41. The normalized spacial score (nSPS) is 10.3. The topological polar surface area (TPSA) is 55.2 Å². The first kappa shape index (κ1) is 12.0. The molecule has 0 aliphatic carbocycles. The smallest absolute Gasteiger partial charge is 0.224 e. The van der Waals surface area contributed by atoms with Crippen LogP contribution in [0.5, 0.6) is 11.6 Å². The van der Waals surface area contributed by atoms with Crippen molar-refractivity contribution in [2.24, 2.45) is 0 Å². The third kappa shape index (κ3) is 2.81. The van der Waals surface area contributed by atoms with Crippen LogP contribution in [0.3, 0.4) is 0 Å². The first-order valence-corrected chi connectivity index (χ1v) is 5.84. The summed E-state index contributed by atoms with van der Waals surface area (Å²) in [6.45, 7) is 1.73. The van der Waals surface area contributed by atoms with Crippen LogP contribution in [-0.2, 0) is 6.61 Å². The van der Waals surface area contributed by atoms with E-state index >= 15 is 0 Å². The maximum absolute atomic E-state index is 9.23. The molecule has 2 heterocycles. The van der Waals surface area contributed by atoms with Crippen molar-refractivity contribution < 1.29 is 9.84 Å². The van der Waals surface area contributed by atoms with Crippen molar-refractivity contribution in [1.82, 2.24) is 9.97 Å². The molecular weight excluding hydrogens is 284 g/mol. The van der Waals surface area contributed by atoms with E-state index in [1.165, 1.54) is 0 Å². The SMILES string of the molecule is Cc1ncccc1Oc1ncc(Br)cc1CO. The predicted octanol–water partition coefficient (Wildman–Crippen LogP) is 2.83. The Labute approximate surface area is 107 Å². The van der Waals surface area contributed by atoms with Gasteiger partial charge >= 0.3 is 0 Å². The zero-order chi connectivity index (χ0) is 12.3. The van der Waals surface area contributed by atoms with Gasteiger partial charge in [-0.05, 0) is 41.1 Å². The van der Waals surface area contributed by atoms with Gasteiger partial charge in [0.25, 0.3) is 0 Å². The second-order valence-corrected chi connectivity index (χ2v) is 4.38. The summed E-state index contributed by atoms with van der Waals surface area (Å²) in [4.78, 5) is 8.25. The molecule has 0 saturated heterocycles. The van der Waals surface area contributed by atoms with E-state index in [1.807, 2.05) is 13.0 Å². The van der Waals surface area contributed by atoms with Crippen molar-refractivity contribution in [3.8, 4) is 11.6 Å². The quantitative estimate of drug-likeness (QED) is 0.946. The summed E-state index contributed by atoms with van der Waals surface area (Å²) in [5, 5.41) is 9.23. The second-order valence-electron chi connectivity index (χ2n) is 3.46. The monoisotopic (exact) mass is 294 g/mol. The first-order chi connectivity index (χ1) is 8.20. The number of rotatable bonds is 3. The van der Waals surface area contributed by atoms with Crippen LogP contribution in [-0.4, -0.2) is 15.1 Å². The Kier molecular flexibility index (Phi) is 3.71. The highest BCUT2D eigenvalue weighted by Crippen LogP contribution is 2.26. The van der Waals surface area contributed by atoms with Crippen LogP contribution in [0.25, 0.3) is 0 Å². The molecule has 0 spiro atoms. The van der Waals surface area contributed by atoms with E-state index in [0.29, 0.717) is 17.2 Å². The molecule has 17 heavy (non-hydrogen) atoms. The number of aliphatic hydroxyl groups excluding tert-OH is 1. The molecule has 88 valence electrons. The van der Waals surface area contributed by atoms with E-state index in [-0.39, 0.29) is 6.61 Å². The number of aliphatic hydroxyl groups is 1. The fourth-order valence-electron chi connectivity index (χ4n) is 1.36. The van der Waals surface area contributed by atoms with Gasteiger partial charge in [-0.25, -0.2) is 4.98 Å². The van der Waals surface area contributed by atoms with E-state index < -0.39 is 0 Å². The molecule has 0 aliphatic heterocycles. The summed E-state index contributed by atoms with van der Waals surface area (Å²) >= 11 is 3.30. The molecule has 0 saturated carbocycles. The Bertz CT molecular complexity index is 532. The van der Waals surface area contributed by atoms with Crippen molar-refractivity contribution in [3.05, 3.63) is 46.3 Å². The molecule has 0 bridgehead atoms. The number of halogens is 1. The third-order valence-electron chi connectivity index (χ3n) is 2.23. The number of hydrogen-bond acceptors (Lipinski definition) is 4. The Hall–Kier alpha value is -1.46. The molecule has 0 amide bonds. The molecule has 2 rings (SSSR count). The Morgan fingerprint density at radius 1 is 1.41 bits per heavy atom. The minimum atomic E-state index is -0.124. The maximum atomic E-state index is 9.23. The van der Waals surface area contributed by atoms with Crippen LogP contribution in [0.1, 0.15) is 11.3 Å². The van der Waals surface area contributed by atoms with Crippen LogP contribution < -0.4 is 4.74 Å². The van der Waals surface area contributed by atoms with Gasteiger partial charge in [0.2, 0.25) is 5.88 Å². The van der Waals surface area contributed by atoms with Gasteiger partial charge in [-0.1, -0.05) is 0 Å². The lowest BCUT2D eigenvalue weighted by Crippen LogP contribution is -1.97. The van der Waals surface area contributed by atoms with Crippen molar-refractivity contribution >= 4 is 15.9 Å². The molecule has 2 aromatic rings. The molecule has 2 aromatic heterocycles. The highest BCUT2D eigenvalue weighted by molar-refractivity contribution is 9.10. The average Bonchev–Trinajstić information content (AvgIpc) is 2.34. The Morgan fingerprint density at radius 2 is 2.24 bits per heavy atom. The number of pyridine rings is 2. The highest BCUT2D eigenvalue weighted by Gasteiger charge is 2.08. The minimum absolute atomic E-state index is 0.124. The average molecular weight is 295 g/mol. The van der Waals surface area contributed by atoms with Crippen LogP contribution >= 0.6 is 15.9 Å². The summed E-state index contributed by atoms with van der Waals surface area (Å²) in [5.74, 6) is 1.03. The lowest BCUT2D eigenvalue weighted by molar-refractivity contribution is 0.274. The van der Waals surface area contributed by atoms with Gasteiger partial charge in [0.1, 0.15) is 0 Å². The summed E-state index contributed by atoms with van der Waals surface area (Å²) in [6, 6.07) is 5.38. The lowest BCUT2D eigenvalue weighted by Gasteiger charge is -2.09. The van der Waals surface area contributed by atoms with Gasteiger partial charge in [-0.15, -0.1) is 0 Å². The van der Waals surface area contributed by atoms with Crippen LogP contribution in [0, 0.1) is 6.92 Å². The maximum Gasteiger partial charge on any atom is 0.224 e. The number of hydrogen-bond donors (Lipinski definition) is 1. The van der Waals surface area contributed by atoms with E-state index in [9.17, 15) is 5.11 Å². The highest BCUT2D eigenvalue weighted by atomic mass is 79.9. The molecule has 0 unspecified atom stereocenters. The molecule has 0 fully saturated rings. The van der Waals surface area contributed by atoms with Gasteiger partial charge in [0.05, 0.1) is 12.3 Å². The molecule has 0 aliphatic rings. The fraction of sp³-hybridized carbons (Fsp3) is 0.167. The second kappa shape index (κ2) is 5.25. The van der Waals surface area contributed by atoms with Gasteiger partial charge < -0.3 is 9.84 Å². The molecule has 0 radical (unpaired) electrons. The fourth-order valence-corrected chi connectivity index (χ4v) is 1.73. The Morgan fingerprint density at radius 3 is 2.94 bits per heavy atom. The van der Waals surface area contributed by atoms with Crippen molar-refractivity contribution in [2.45, 2.75) is 13.5 Å². The molecule has 1 N–H and O–H groups in total. The van der Waals surface area contributed by atoms with Gasteiger partial charge in [0, 0.05) is 22.4 Å². The van der Waals surface area contributed by atoms with Crippen molar-refractivity contribution in [1.29, 1.82) is 0 Å². The number of ether oxygens (including phenoxy) is 1. The van der Waals surface area contributed by atoms with E-state index in [1.54, 1.807) is 24.5 Å². The van der Waals surface area contributed by atoms with Crippen LogP contribution in [0.2, 0.25) is 0 Å². The van der Waals surface area contributed by atoms with Gasteiger partial charge in [0.15, 0.2) is 5.75 Å². The molecule has 0 aromatic carbocycles. The molecule has 5 heteroatoms. The standard InChI is InChI=1S/C12H11BrN2O2/c1-8-11(3-2-4-14-8)17-12-9(7-16)5-10(13)6-15-12/h2-6,16H,7H2,1H3. The summed E-state index contributed by atoms with van der Waals surface area (Å²) in [6.07, 6.45) is 3.32. The number of aromatic nitrogens is 2. The predicted molar refractivity (Wildman–Crippen MR) is 66.9 cm³/mol. The molecule has 0 atom stereocenters. The first-order valence-electron chi connectivity index (χ1n) is 5.05. The molecular formula is C12H11BrN2O2. The third-order valence-corrected chi connectivity index (χ3v) is 2.66. The molecule has 4 nitrogen and oxygen atoms in total. The zero-order valence-electron chi connectivity index (χ0n) is 9.22. The van der Waals surface area contributed by atoms with Gasteiger partial charge in [-0.3, -0.25) is 4.98 Å². The van der Waals surface area contributed by atoms with E-state index in [0.717, 1.165) is 10.2 Å². The van der Waals surface area contributed by atoms with E-state index in [4.69, 9.17) is 4.74 Å². The lowest BCUT2D eigenvalue weighted by atomic mass is 10.3. The zero-order valence-corrected chi connectivity index (χ0v) is 10.8. The van der Waals surface area contributed by atoms with Crippen molar-refractivity contribution in [2.75, 3.05) is 0 Å². The summed E-state index contributed by atoms with van der Waals surface area (Å²) < 4.78 is 6.43. The largest absolute Gasteiger partial charge is 0.437 e.